The van der Waals surface area contributed by atoms with Crippen LogP contribution in [0.4, 0.5) is 5.69 Å². The van der Waals surface area contributed by atoms with Crippen LogP contribution in [0.5, 0.6) is 0 Å². The van der Waals surface area contributed by atoms with Gasteiger partial charge in [-0.2, -0.15) is 0 Å². The van der Waals surface area contributed by atoms with Gasteiger partial charge in [0.25, 0.3) is 5.56 Å². The zero-order chi connectivity index (χ0) is 22.5. The van der Waals surface area contributed by atoms with E-state index in [9.17, 15) is 19.2 Å². The number of carbonyl (C=O) groups excluding carboxylic acids is 2. The van der Waals surface area contributed by atoms with Gasteiger partial charge >= 0.3 is 11.7 Å². The van der Waals surface area contributed by atoms with E-state index in [1.807, 2.05) is 13.8 Å². The van der Waals surface area contributed by atoms with Gasteiger partial charge in [0.2, 0.25) is 5.91 Å². The molecule has 0 unspecified atom stereocenters. The summed E-state index contributed by atoms with van der Waals surface area (Å²) >= 11 is 0. The summed E-state index contributed by atoms with van der Waals surface area (Å²) < 4.78 is 7.16. The smallest absolute Gasteiger partial charge is 0.337 e. The van der Waals surface area contributed by atoms with Gasteiger partial charge in [0.15, 0.2) is 0 Å². The lowest BCUT2D eigenvalue weighted by atomic mass is 10.1. The van der Waals surface area contributed by atoms with E-state index in [0.717, 1.165) is 0 Å². The number of hydrogen-bond acceptors (Lipinski definition) is 5. The quantitative estimate of drug-likeness (QED) is 0.589. The van der Waals surface area contributed by atoms with E-state index in [1.54, 1.807) is 36.4 Å². The maximum atomic E-state index is 13.1. The van der Waals surface area contributed by atoms with Crippen molar-refractivity contribution in [1.82, 2.24) is 9.13 Å². The molecule has 2 aromatic carbocycles. The molecule has 0 saturated carbocycles. The molecule has 31 heavy (non-hydrogen) atoms. The molecule has 0 aliphatic rings. The molecule has 0 radical (unpaired) electrons. The first-order chi connectivity index (χ1) is 14.8. The van der Waals surface area contributed by atoms with Gasteiger partial charge in [-0.15, -0.1) is 0 Å². The summed E-state index contributed by atoms with van der Waals surface area (Å²) in [5, 5.41) is 3.10. The Morgan fingerprint density at radius 1 is 1.00 bits per heavy atom. The standard InChI is InChI=1S/C23H25N3O5/c1-15(2)12-13-25-21(28)18-6-4-5-7-19(18)26(23(25)30)14-20(27)24-17-10-8-16(9-11-17)22(29)31-3/h4-11,15H,12-14H2,1-3H3,(H,24,27). The maximum Gasteiger partial charge on any atom is 0.337 e. The molecule has 0 atom stereocenters. The number of nitrogens with zero attached hydrogens (tertiary/aromatic N) is 2. The Balaban J connectivity index is 1.91. The van der Waals surface area contributed by atoms with Crippen molar-refractivity contribution in [2.24, 2.45) is 5.92 Å². The highest BCUT2D eigenvalue weighted by atomic mass is 16.5. The van der Waals surface area contributed by atoms with Gasteiger partial charge in [0.1, 0.15) is 6.54 Å². The molecule has 162 valence electrons. The van der Waals surface area contributed by atoms with Crippen molar-refractivity contribution in [2.45, 2.75) is 33.4 Å². The van der Waals surface area contributed by atoms with Crippen LogP contribution in [-0.2, 0) is 22.6 Å². The SMILES string of the molecule is COC(=O)c1ccc(NC(=O)Cn2c(=O)n(CCC(C)C)c(=O)c3ccccc32)cc1. The molecule has 3 rings (SSSR count). The van der Waals surface area contributed by atoms with Gasteiger partial charge in [-0.3, -0.25) is 18.7 Å². The van der Waals surface area contributed by atoms with E-state index >= 15 is 0 Å². The summed E-state index contributed by atoms with van der Waals surface area (Å²) in [6.45, 7) is 4.07. The first kappa shape index (κ1) is 22.0. The summed E-state index contributed by atoms with van der Waals surface area (Å²) in [5.41, 5.74) is 0.384. The Morgan fingerprint density at radius 2 is 1.68 bits per heavy atom. The van der Waals surface area contributed by atoms with Crippen LogP contribution in [0.2, 0.25) is 0 Å². The normalized spacial score (nSPS) is 11.0. The second-order valence-corrected chi connectivity index (χ2v) is 7.64. The Kier molecular flexibility index (Phi) is 6.69. The molecule has 0 aliphatic carbocycles. The zero-order valence-corrected chi connectivity index (χ0v) is 17.8. The lowest BCUT2D eigenvalue weighted by Crippen LogP contribution is -2.42. The Hall–Kier alpha value is -3.68. The average Bonchev–Trinajstić information content (AvgIpc) is 2.76. The zero-order valence-electron chi connectivity index (χ0n) is 17.8. The molecule has 0 aliphatic heterocycles. The molecule has 3 aromatic rings. The van der Waals surface area contributed by atoms with Crippen LogP contribution in [0.1, 0.15) is 30.6 Å². The Morgan fingerprint density at radius 3 is 2.32 bits per heavy atom. The van der Waals surface area contributed by atoms with E-state index in [-0.39, 0.29) is 18.6 Å². The number of carbonyl (C=O) groups is 2. The highest BCUT2D eigenvalue weighted by molar-refractivity contribution is 5.93. The molecule has 0 bridgehead atoms. The molecule has 1 aromatic heterocycles. The largest absolute Gasteiger partial charge is 0.465 e. The van der Waals surface area contributed by atoms with Crippen molar-refractivity contribution >= 4 is 28.5 Å². The van der Waals surface area contributed by atoms with Gasteiger partial charge in [0.05, 0.1) is 23.6 Å². The fraction of sp³-hybridized carbons (Fsp3) is 0.304. The molecule has 8 nitrogen and oxygen atoms in total. The highest BCUT2D eigenvalue weighted by Gasteiger charge is 2.16. The van der Waals surface area contributed by atoms with E-state index in [4.69, 9.17) is 0 Å². The van der Waals surface area contributed by atoms with E-state index in [1.165, 1.54) is 28.4 Å². The summed E-state index contributed by atoms with van der Waals surface area (Å²) in [4.78, 5) is 50.1. The molecule has 1 amide bonds. The number of anilines is 1. The van der Waals surface area contributed by atoms with Crippen molar-refractivity contribution < 1.29 is 14.3 Å². The second kappa shape index (κ2) is 9.42. The number of esters is 1. The van der Waals surface area contributed by atoms with Gasteiger partial charge in [-0.1, -0.05) is 26.0 Å². The van der Waals surface area contributed by atoms with Gasteiger partial charge in [-0.05, 0) is 48.7 Å². The Bertz CT molecular complexity index is 1220. The summed E-state index contributed by atoms with van der Waals surface area (Å²) in [7, 11) is 1.29. The van der Waals surface area contributed by atoms with Crippen molar-refractivity contribution in [3.8, 4) is 0 Å². The predicted octanol–water partition coefficient (Wildman–Crippen LogP) is 2.63. The van der Waals surface area contributed by atoms with Gasteiger partial charge in [-0.25, -0.2) is 9.59 Å². The van der Waals surface area contributed by atoms with Crippen molar-refractivity contribution in [1.29, 1.82) is 0 Å². The molecule has 0 fully saturated rings. The minimum atomic E-state index is -0.513. The topological polar surface area (TPSA) is 99.4 Å². The molecule has 0 spiro atoms. The highest BCUT2D eigenvalue weighted by Crippen LogP contribution is 2.12. The second-order valence-electron chi connectivity index (χ2n) is 7.64. The van der Waals surface area contributed by atoms with Gasteiger partial charge < -0.3 is 10.1 Å². The minimum Gasteiger partial charge on any atom is -0.465 e. The summed E-state index contributed by atoms with van der Waals surface area (Å²) in [5.74, 6) is -0.575. The monoisotopic (exact) mass is 423 g/mol. The fourth-order valence-electron chi connectivity index (χ4n) is 3.26. The number of aromatic nitrogens is 2. The molecular formula is C23H25N3O5. The molecule has 8 heteroatoms. The van der Waals surface area contributed by atoms with E-state index in [0.29, 0.717) is 34.5 Å². The number of hydrogen-bond donors (Lipinski definition) is 1. The minimum absolute atomic E-state index is 0.250. The number of fused-ring (bicyclic) bond motifs is 1. The summed E-state index contributed by atoms with van der Waals surface area (Å²) in [6, 6.07) is 13.0. The first-order valence-electron chi connectivity index (χ1n) is 10.0. The number of amides is 1. The predicted molar refractivity (Wildman–Crippen MR) is 118 cm³/mol. The molecular weight excluding hydrogens is 398 g/mol. The number of para-hydroxylation sites is 1. The van der Waals surface area contributed by atoms with Crippen LogP contribution >= 0.6 is 0 Å². The van der Waals surface area contributed by atoms with Crippen molar-refractivity contribution in [2.75, 3.05) is 12.4 Å². The van der Waals surface area contributed by atoms with Crippen LogP contribution in [0.3, 0.4) is 0 Å². The van der Waals surface area contributed by atoms with Crippen molar-refractivity contribution in [3.63, 3.8) is 0 Å². The van der Waals surface area contributed by atoms with Crippen LogP contribution < -0.4 is 16.6 Å². The molecule has 1 heterocycles. The lowest BCUT2D eigenvalue weighted by Gasteiger charge is -2.15. The van der Waals surface area contributed by atoms with E-state index < -0.39 is 17.6 Å². The van der Waals surface area contributed by atoms with Crippen molar-refractivity contribution in [3.05, 3.63) is 74.9 Å². The third-order valence-electron chi connectivity index (χ3n) is 4.95. The van der Waals surface area contributed by atoms with Gasteiger partial charge in [0, 0.05) is 12.2 Å². The van der Waals surface area contributed by atoms with Crippen LogP contribution in [0.15, 0.2) is 58.1 Å². The fourth-order valence-corrected chi connectivity index (χ4v) is 3.26. The first-order valence-corrected chi connectivity index (χ1v) is 10.0. The number of benzene rings is 2. The molecule has 0 saturated heterocycles. The number of nitrogens with one attached hydrogen (secondary N) is 1. The Labute approximate surface area is 179 Å². The maximum absolute atomic E-state index is 13.1. The van der Waals surface area contributed by atoms with Crippen LogP contribution in [0, 0.1) is 5.92 Å². The average molecular weight is 423 g/mol. The van der Waals surface area contributed by atoms with E-state index in [2.05, 4.69) is 10.1 Å². The van der Waals surface area contributed by atoms with Crippen LogP contribution in [-0.4, -0.2) is 28.1 Å². The third-order valence-corrected chi connectivity index (χ3v) is 4.95. The third kappa shape index (κ3) is 4.91. The number of methoxy groups -OCH3 is 1. The number of ether oxygens (including phenoxy) is 1. The lowest BCUT2D eigenvalue weighted by molar-refractivity contribution is -0.116. The number of rotatable bonds is 7. The summed E-state index contributed by atoms with van der Waals surface area (Å²) in [6.07, 6.45) is 0.673. The molecule has 1 N–H and O–H groups in total. The van der Waals surface area contributed by atoms with Crippen LogP contribution in [0.25, 0.3) is 10.9 Å².